The quantitative estimate of drug-likeness (QED) is 0.390. The number of hydrogen-bond acceptors (Lipinski definition) is 6. The molecular formula is C26H25N3O4S. The molecular weight excluding hydrogens is 450 g/mol. The fraction of sp³-hybridized carbons (Fsp3) is 0.192. The number of hydrogen-bond donors (Lipinski definition) is 1. The Morgan fingerprint density at radius 2 is 1.71 bits per heavy atom. The summed E-state index contributed by atoms with van der Waals surface area (Å²) < 4.78 is 30.4. The molecule has 7 nitrogen and oxygen atoms in total. The summed E-state index contributed by atoms with van der Waals surface area (Å²) in [4.78, 5) is 23.5. The topological polar surface area (TPSA) is 102 Å². The van der Waals surface area contributed by atoms with Crippen molar-refractivity contribution in [1.29, 1.82) is 0 Å². The van der Waals surface area contributed by atoms with Crippen molar-refractivity contribution in [3.05, 3.63) is 108 Å². The lowest BCUT2D eigenvalue weighted by Gasteiger charge is -2.32. The Bertz CT molecular complexity index is 1370. The van der Waals surface area contributed by atoms with E-state index >= 15 is 0 Å². The lowest BCUT2D eigenvalue weighted by Crippen LogP contribution is -2.39. The van der Waals surface area contributed by atoms with Crippen LogP contribution >= 0.6 is 0 Å². The summed E-state index contributed by atoms with van der Waals surface area (Å²) in [7, 11) is -2.36. The van der Waals surface area contributed by atoms with Crippen molar-refractivity contribution in [2.45, 2.75) is 17.6 Å². The highest BCUT2D eigenvalue weighted by molar-refractivity contribution is 7.91. The minimum atomic E-state index is -3.69. The average Bonchev–Trinajstić information content (AvgIpc) is 3.38. The van der Waals surface area contributed by atoms with Gasteiger partial charge in [-0.1, -0.05) is 48.5 Å². The van der Waals surface area contributed by atoms with Gasteiger partial charge in [-0.3, -0.25) is 4.79 Å². The summed E-state index contributed by atoms with van der Waals surface area (Å²) in [5.41, 5.74) is 3.49. The normalized spacial score (nSPS) is 13.2. The molecule has 4 rings (SSSR count). The molecule has 1 N–H and O–H groups in total. The van der Waals surface area contributed by atoms with Crippen molar-refractivity contribution in [2.75, 3.05) is 13.4 Å². The van der Waals surface area contributed by atoms with E-state index in [0.717, 1.165) is 11.1 Å². The molecule has 0 aliphatic carbocycles. The molecule has 0 aliphatic rings. The molecule has 0 radical (unpaired) electrons. The Morgan fingerprint density at radius 3 is 2.32 bits per heavy atom. The minimum Gasteiger partial charge on any atom is -0.469 e. The fourth-order valence-electron chi connectivity index (χ4n) is 4.16. The first-order chi connectivity index (χ1) is 16.3. The maximum Gasteiger partial charge on any atom is 0.309 e. The number of ether oxygens (including phenoxy) is 1. The van der Waals surface area contributed by atoms with Crippen LogP contribution in [0.5, 0.6) is 0 Å². The minimum absolute atomic E-state index is 0.0562. The van der Waals surface area contributed by atoms with Crippen LogP contribution in [0.25, 0.3) is 11.4 Å². The van der Waals surface area contributed by atoms with Crippen molar-refractivity contribution in [3.8, 4) is 11.4 Å². The summed E-state index contributed by atoms with van der Waals surface area (Å²) >= 11 is 0. The van der Waals surface area contributed by atoms with Gasteiger partial charge >= 0.3 is 5.97 Å². The number of H-pyrrole nitrogens is 1. The number of sulfone groups is 1. The third-order valence-corrected chi connectivity index (χ3v) is 7.73. The Kier molecular flexibility index (Phi) is 6.61. The van der Waals surface area contributed by atoms with Gasteiger partial charge in [-0.2, -0.15) is 0 Å². The molecule has 0 bridgehead atoms. The summed E-state index contributed by atoms with van der Waals surface area (Å²) in [5, 5.41) is 0. The van der Waals surface area contributed by atoms with Crippen molar-refractivity contribution in [2.24, 2.45) is 0 Å². The molecule has 0 spiro atoms. The Balaban J connectivity index is 1.81. The number of carbonyl (C=O) groups excluding carboxylic acids is 1. The number of esters is 1. The zero-order valence-corrected chi connectivity index (χ0v) is 19.7. The maximum absolute atomic E-state index is 13.5. The van der Waals surface area contributed by atoms with Gasteiger partial charge in [-0.25, -0.2) is 18.4 Å². The number of aromatic nitrogens is 3. The molecule has 0 saturated heterocycles. The SMILES string of the molecule is COC(=O)Cc1cccc(C(Cc2ccc(-c3ncccn3)cc2)(c2ccc[nH]2)S(C)(=O)=O)c1. The molecule has 2 aromatic heterocycles. The first-order valence-corrected chi connectivity index (χ1v) is 12.6. The van der Waals surface area contributed by atoms with Gasteiger partial charge in [-0.15, -0.1) is 0 Å². The summed E-state index contributed by atoms with van der Waals surface area (Å²) in [6, 6.07) is 20.0. The monoisotopic (exact) mass is 475 g/mol. The van der Waals surface area contributed by atoms with Gasteiger partial charge in [0.2, 0.25) is 0 Å². The van der Waals surface area contributed by atoms with Gasteiger partial charge in [0.15, 0.2) is 15.7 Å². The zero-order valence-electron chi connectivity index (χ0n) is 18.9. The van der Waals surface area contributed by atoms with E-state index in [1.54, 1.807) is 61.1 Å². The molecule has 2 aromatic carbocycles. The summed E-state index contributed by atoms with van der Waals surface area (Å²) in [6.45, 7) is 0. The van der Waals surface area contributed by atoms with Crippen molar-refractivity contribution < 1.29 is 17.9 Å². The molecule has 0 aliphatic heterocycles. The van der Waals surface area contributed by atoms with Crippen LogP contribution in [-0.2, 0) is 37.0 Å². The van der Waals surface area contributed by atoms with Gasteiger partial charge in [0.1, 0.15) is 4.75 Å². The second-order valence-corrected chi connectivity index (χ2v) is 10.3. The number of aromatic amines is 1. The molecule has 1 atom stereocenters. The van der Waals surface area contributed by atoms with Crippen LogP contribution in [0.1, 0.15) is 22.4 Å². The summed E-state index contributed by atoms with van der Waals surface area (Å²) in [5.74, 6) is 0.212. The number of rotatable bonds is 8. The van der Waals surface area contributed by atoms with E-state index in [1.165, 1.54) is 13.4 Å². The molecule has 1 unspecified atom stereocenters. The van der Waals surface area contributed by atoms with Crippen LogP contribution in [0.3, 0.4) is 0 Å². The van der Waals surface area contributed by atoms with E-state index < -0.39 is 14.6 Å². The van der Waals surface area contributed by atoms with Crippen LogP contribution in [0.4, 0.5) is 0 Å². The highest BCUT2D eigenvalue weighted by Gasteiger charge is 2.45. The van der Waals surface area contributed by atoms with E-state index in [0.29, 0.717) is 22.6 Å². The maximum atomic E-state index is 13.5. The Morgan fingerprint density at radius 1 is 0.971 bits per heavy atom. The van der Waals surface area contributed by atoms with Gasteiger partial charge in [-0.05, 0) is 34.9 Å². The van der Waals surface area contributed by atoms with Gasteiger partial charge in [0, 0.05) is 42.5 Å². The van der Waals surface area contributed by atoms with Crippen LogP contribution in [0.2, 0.25) is 0 Å². The molecule has 34 heavy (non-hydrogen) atoms. The molecule has 174 valence electrons. The Labute approximate surface area is 198 Å². The second-order valence-electron chi connectivity index (χ2n) is 8.08. The fourth-order valence-corrected chi connectivity index (χ4v) is 5.67. The van der Waals surface area contributed by atoms with Crippen molar-refractivity contribution in [3.63, 3.8) is 0 Å². The number of benzene rings is 2. The third-order valence-electron chi connectivity index (χ3n) is 5.87. The van der Waals surface area contributed by atoms with E-state index in [-0.39, 0.29) is 18.8 Å². The molecule has 0 saturated carbocycles. The van der Waals surface area contributed by atoms with Gasteiger partial charge < -0.3 is 9.72 Å². The van der Waals surface area contributed by atoms with E-state index in [4.69, 9.17) is 4.74 Å². The first-order valence-electron chi connectivity index (χ1n) is 10.7. The van der Waals surface area contributed by atoms with E-state index in [2.05, 4.69) is 15.0 Å². The van der Waals surface area contributed by atoms with Crippen LogP contribution in [0.15, 0.2) is 85.3 Å². The highest BCUT2D eigenvalue weighted by atomic mass is 32.2. The molecule has 0 fully saturated rings. The highest BCUT2D eigenvalue weighted by Crippen LogP contribution is 2.40. The number of methoxy groups -OCH3 is 1. The standard InChI is InChI=1S/C26H25N3O4S/c1-33-24(30)17-20-6-3-7-22(16-20)26(34(2,31)32,23-8-4-13-27-23)18-19-9-11-21(12-10-19)25-28-14-5-15-29-25/h3-16,27H,17-18H2,1-2H3. The lowest BCUT2D eigenvalue weighted by molar-refractivity contribution is -0.139. The van der Waals surface area contributed by atoms with Gasteiger partial charge in [0.25, 0.3) is 0 Å². The third kappa shape index (κ3) is 4.63. The molecule has 2 heterocycles. The molecule has 8 heteroatoms. The number of nitrogens with one attached hydrogen (secondary N) is 1. The summed E-state index contributed by atoms with van der Waals surface area (Å²) in [6.07, 6.45) is 6.57. The lowest BCUT2D eigenvalue weighted by atomic mass is 9.86. The molecule has 4 aromatic rings. The Hall–Kier alpha value is -3.78. The zero-order chi connectivity index (χ0) is 24.2. The van der Waals surface area contributed by atoms with Crippen LogP contribution in [0, 0.1) is 0 Å². The van der Waals surface area contributed by atoms with Crippen molar-refractivity contribution >= 4 is 15.8 Å². The van der Waals surface area contributed by atoms with E-state index in [9.17, 15) is 13.2 Å². The number of nitrogens with zero attached hydrogens (tertiary/aromatic N) is 2. The number of carbonyl (C=O) groups is 1. The molecule has 0 amide bonds. The average molecular weight is 476 g/mol. The predicted molar refractivity (Wildman–Crippen MR) is 130 cm³/mol. The smallest absolute Gasteiger partial charge is 0.309 e. The van der Waals surface area contributed by atoms with Gasteiger partial charge in [0.05, 0.1) is 13.5 Å². The predicted octanol–water partition coefficient (Wildman–Crippen LogP) is 3.72. The van der Waals surface area contributed by atoms with Crippen LogP contribution < -0.4 is 0 Å². The van der Waals surface area contributed by atoms with E-state index in [1.807, 2.05) is 24.3 Å². The van der Waals surface area contributed by atoms with Crippen LogP contribution in [-0.4, -0.2) is 42.7 Å². The largest absolute Gasteiger partial charge is 0.469 e. The van der Waals surface area contributed by atoms with Crippen molar-refractivity contribution in [1.82, 2.24) is 15.0 Å². The second kappa shape index (κ2) is 9.61. The first kappa shape index (κ1) is 23.4.